The van der Waals surface area contributed by atoms with E-state index in [9.17, 15) is 4.39 Å². The van der Waals surface area contributed by atoms with Crippen molar-refractivity contribution in [2.45, 2.75) is 12.5 Å². The fourth-order valence-corrected chi connectivity index (χ4v) is 1.21. The molecule has 1 rings (SSSR count). The van der Waals surface area contributed by atoms with Gasteiger partial charge < -0.3 is 15.5 Å². The van der Waals surface area contributed by atoms with E-state index in [0.717, 1.165) is 0 Å². The van der Waals surface area contributed by atoms with Crippen LogP contribution in [0.15, 0.2) is 18.2 Å². The lowest BCUT2D eigenvalue weighted by molar-refractivity contribution is 0.105. The Hall–Kier alpha value is -1.64. The number of hydrogen-bond donors (Lipinski definition) is 3. The number of aliphatic hydroxyl groups is 2. The summed E-state index contributed by atoms with van der Waals surface area (Å²) in [5.74, 6) is -0.421. The standard InChI is InChI=1S/C11H13FN2O2/c12-11-2-1-9(5-8(11)3-4-13)14-6-10(16)7-15/h1-2,5,10,14-16H,3,6-7H2. The molecule has 0 fully saturated rings. The maximum atomic E-state index is 13.2. The first-order chi connectivity index (χ1) is 7.67. The minimum absolute atomic E-state index is 0.00388. The average molecular weight is 224 g/mol. The largest absolute Gasteiger partial charge is 0.394 e. The molecule has 0 saturated heterocycles. The van der Waals surface area contributed by atoms with Crippen molar-refractivity contribution in [3.8, 4) is 6.07 Å². The van der Waals surface area contributed by atoms with Crippen molar-refractivity contribution in [3.05, 3.63) is 29.6 Å². The molecule has 0 spiro atoms. The molecule has 0 saturated carbocycles. The summed E-state index contributed by atoms with van der Waals surface area (Å²) in [4.78, 5) is 0. The van der Waals surface area contributed by atoms with Crippen LogP contribution in [0, 0.1) is 17.1 Å². The molecular formula is C11H13FN2O2. The highest BCUT2D eigenvalue weighted by molar-refractivity contribution is 5.46. The summed E-state index contributed by atoms with van der Waals surface area (Å²) in [7, 11) is 0. The number of hydrogen-bond acceptors (Lipinski definition) is 4. The van der Waals surface area contributed by atoms with E-state index in [1.807, 2.05) is 6.07 Å². The van der Waals surface area contributed by atoms with Gasteiger partial charge in [-0.3, -0.25) is 0 Å². The highest BCUT2D eigenvalue weighted by Crippen LogP contribution is 2.15. The first-order valence-electron chi connectivity index (χ1n) is 4.85. The lowest BCUT2D eigenvalue weighted by Gasteiger charge is -2.11. The minimum Gasteiger partial charge on any atom is -0.394 e. The van der Waals surface area contributed by atoms with Gasteiger partial charge in [0.2, 0.25) is 0 Å². The zero-order valence-corrected chi connectivity index (χ0v) is 8.65. The normalized spacial score (nSPS) is 11.9. The number of benzene rings is 1. The molecule has 1 aromatic rings. The second-order valence-electron chi connectivity index (χ2n) is 3.36. The molecule has 3 N–H and O–H groups in total. The lowest BCUT2D eigenvalue weighted by atomic mass is 10.1. The first kappa shape index (κ1) is 12.4. The van der Waals surface area contributed by atoms with E-state index >= 15 is 0 Å². The topological polar surface area (TPSA) is 76.3 Å². The molecule has 4 nitrogen and oxygen atoms in total. The molecule has 0 aliphatic carbocycles. The monoisotopic (exact) mass is 224 g/mol. The van der Waals surface area contributed by atoms with E-state index in [0.29, 0.717) is 11.3 Å². The Bertz CT molecular complexity index is 390. The van der Waals surface area contributed by atoms with Gasteiger partial charge in [-0.25, -0.2) is 4.39 Å². The zero-order valence-electron chi connectivity index (χ0n) is 8.65. The molecule has 0 bridgehead atoms. The molecule has 0 aliphatic rings. The quantitative estimate of drug-likeness (QED) is 0.686. The minimum atomic E-state index is -0.857. The third-order valence-electron chi connectivity index (χ3n) is 2.07. The summed E-state index contributed by atoms with van der Waals surface area (Å²) < 4.78 is 13.2. The van der Waals surface area contributed by atoms with Crippen LogP contribution in [-0.4, -0.2) is 29.5 Å². The van der Waals surface area contributed by atoms with E-state index in [1.54, 1.807) is 0 Å². The molecule has 16 heavy (non-hydrogen) atoms. The molecule has 1 aromatic carbocycles. The van der Waals surface area contributed by atoms with Crippen molar-refractivity contribution in [3.63, 3.8) is 0 Å². The van der Waals surface area contributed by atoms with Gasteiger partial charge in [0.25, 0.3) is 0 Å². The highest BCUT2D eigenvalue weighted by atomic mass is 19.1. The Balaban J connectivity index is 2.68. The van der Waals surface area contributed by atoms with E-state index in [4.69, 9.17) is 15.5 Å². The van der Waals surface area contributed by atoms with E-state index in [-0.39, 0.29) is 19.6 Å². The molecule has 1 unspecified atom stereocenters. The van der Waals surface area contributed by atoms with Crippen molar-refractivity contribution < 1.29 is 14.6 Å². The van der Waals surface area contributed by atoms with E-state index in [1.165, 1.54) is 18.2 Å². The zero-order chi connectivity index (χ0) is 12.0. The molecule has 0 amide bonds. The van der Waals surface area contributed by atoms with Crippen molar-refractivity contribution in [2.75, 3.05) is 18.5 Å². The smallest absolute Gasteiger partial charge is 0.127 e. The number of aliphatic hydroxyl groups excluding tert-OH is 2. The molecular weight excluding hydrogens is 211 g/mol. The van der Waals surface area contributed by atoms with Crippen LogP contribution >= 0.6 is 0 Å². The maximum absolute atomic E-state index is 13.2. The predicted molar refractivity (Wildman–Crippen MR) is 57.3 cm³/mol. The van der Waals surface area contributed by atoms with E-state index < -0.39 is 11.9 Å². The Morgan fingerprint density at radius 3 is 2.88 bits per heavy atom. The fraction of sp³-hybridized carbons (Fsp3) is 0.364. The van der Waals surface area contributed by atoms with Crippen LogP contribution < -0.4 is 5.32 Å². The Morgan fingerprint density at radius 2 is 2.25 bits per heavy atom. The Morgan fingerprint density at radius 1 is 1.50 bits per heavy atom. The summed E-state index contributed by atoms with van der Waals surface area (Å²) in [6, 6.07) is 6.17. The average Bonchev–Trinajstić information content (AvgIpc) is 2.30. The fourth-order valence-electron chi connectivity index (χ4n) is 1.21. The van der Waals surface area contributed by atoms with Crippen molar-refractivity contribution >= 4 is 5.69 Å². The van der Waals surface area contributed by atoms with Crippen LogP contribution in [-0.2, 0) is 6.42 Å². The van der Waals surface area contributed by atoms with Crippen LogP contribution in [0.25, 0.3) is 0 Å². The van der Waals surface area contributed by atoms with Crippen LogP contribution in [0.2, 0.25) is 0 Å². The van der Waals surface area contributed by atoms with Crippen LogP contribution in [0.5, 0.6) is 0 Å². The summed E-state index contributed by atoms with van der Waals surface area (Å²) in [5.41, 5.74) is 0.921. The molecule has 86 valence electrons. The molecule has 0 aromatic heterocycles. The number of halogens is 1. The molecule has 0 heterocycles. The second-order valence-corrected chi connectivity index (χ2v) is 3.36. The SMILES string of the molecule is N#CCc1cc(NCC(O)CO)ccc1F. The summed E-state index contributed by atoms with van der Waals surface area (Å²) >= 11 is 0. The van der Waals surface area contributed by atoms with Gasteiger partial charge in [0.15, 0.2) is 0 Å². The van der Waals surface area contributed by atoms with Gasteiger partial charge in [0.1, 0.15) is 5.82 Å². The van der Waals surface area contributed by atoms with Crippen LogP contribution in [0.1, 0.15) is 5.56 Å². The molecule has 0 aliphatic heterocycles. The molecule has 5 heteroatoms. The Kier molecular flexibility index (Phi) is 4.70. The van der Waals surface area contributed by atoms with Crippen molar-refractivity contribution in [1.82, 2.24) is 0 Å². The number of rotatable bonds is 5. The van der Waals surface area contributed by atoms with Gasteiger partial charge in [-0.05, 0) is 18.2 Å². The van der Waals surface area contributed by atoms with Gasteiger partial charge in [0.05, 0.1) is 25.2 Å². The lowest BCUT2D eigenvalue weighted by Crippen LogP contribution is -2.22. The third kappa shape index (κ3) is 3.50. The number of nitrogens with one attached hydrogen (secondary N) is 1. The number of nitrogens with zero attached hydrogens (tertiary/aromatic N) is 1. The summed E-state index contributed by atoms with van der Waals surface area (Å²) in [6.07, 6.45) is -0.853. The van der Waals surface area contributed by atoms with Gasteiger partial charge in [-0.15, -0.1) is 0 Å². The van der Waals surface area contributed by atoms with E-state index in [2.05, 4.69) is 5.32 Å². The third-order valence-corrected chi connectivity index (χ3v) is 2.07. The van der Waals surface area contributed by atoms with Gasteiger partial charge in [-0.1, -0.05) is 0 Å². The second kappa shape index (κ2) is 6.05. The number of nitriles is 1. The van der Waals surface area contributed by atoms with Gasteiger partial charge >= 0.3 is 0 Å². The number of anilines is 1. The van der Waals surface area contributed by atoms with Gasteiger partial charge in [-0.2, -0.15) is 5.26 Å². The van der Waals surface area contributed by atoms with Crippen molar-refractivity contribution in [2.24, 2.45) is 0 Å². The maximum Gasteiger partial charge on any atom is 0.127 e. The summed E-state index contributed by atoms with van der Waals surface area (Å²) in [5, 5.41) is 29.0. The highest BCUT2D eigenvalue weighted by Gasteiger charge is 2.05. The first-order valence-corrected chi connectivity index (χ1v) is 4.85. The van der Waals surface area contributed by atoms with Crippen LogP contribution in [0.4, 0.5) is 10.1 Å². The van der Waals surface area contributed by atoms with Crippen LogP contribution in [0.3, 0.4) is 0 Å². The van der Waals surface area contributed by atoms with Gasteiger partial charge in [0, 0.05) is 17.8 Å². The Labute approximate surface area is 93.0 Å². The molecule has 0 radical (unpaired) electrons. The van der Waals surface area contributed by atoms with Crippen molar-refractivity contribution in [1.29, 1.82) is 5.26 Å². The summed E-state index contributed by atoms with van der Waals surface area (Å²) in [6.45, 7) is -0.159. The predicted octanol–water partition coefficient (Wildman–Crippen LogP) is 0.657. The molecule has 1 atom stereocenters.